The number of aliphatic hydroxyl groups is 1. The quantitative estimate of drug-likeness (QED) is 0.359. The zero-order valence-electron chi connectivity index (χ0n) is 17.9. The van der Waals surface area contributed by atoms with Gasteiger partial charge in [-0.15, -0.1) is 0 Å². The summed E-state index contributed by atoms with van der Waals surface area (Å²) in [6.07, 6.45) is -3.44. The minimum absolute atomic E-state index is 0.226. The highest BCUT2D eigenvalue weighted by molar-refractivity contribution is 5.82. The van der Waals surface area contributed by atoms with Crippen molar-refractivity contribution in [3.63, 3.8) is 0 Å². The van der Waals surface area contributed by atoms with Gasteiger partial charge in [0.2, 0.25) is 0 Å². The predicted octanol–water partition coefficient (Wildman–Crippen LogP) is 4.31. The second-order valence-corrected chi connectivity index (χ2v) is 7.80. The zero-order valence-corrected chi connectivity index (χ0v) is 17.9. The average molecular weight is 469 g/mol. The second kappa shape index (κ2) is 9.96. The van der Waals surface area contributed by atoms with Crippen molar-refractivity contribution < 1.29 is 27.8 Å². The first kappa shape index (κ1) is 23.3. The Morgan fingerprint density at radius 1 is 1.03 bits per heavy atom. The van der Waals surface area contributed by atoms with Crippen molar-refractivity contribution in [2.75, 3.05) is 6.61 Å². The Kier molecular flexibility index (Phi) is 6.83. The highest BCUT2D eigenvalue weighted by atomic mass is 19.4. The third kappa shape index (κ3) is 5.37. The zero-order chi connectivity index (χ0) is 24.1. The molecule has 0 aliphatic heterocycles. The van der Waals surface area contributed by atoms with Crippen molar-refractivity contribution in [1.82, 2.24) is 15.5 Å². The molecule has 0 saturated heterocycles. The molecule has 1 heterocycles. The van der Waals surface area contributed by atoms with Crippen LogP contribution in [0.5, 0.6) is 5.75 Å². The van der Waals surface area contributed by atoms with E-state index >= 15 is 0 Å². The number of hydrogen-bond acceptors (Lipinski definition) is 4. The lowest BCUT2D eigenvalue weighted by molar-refractivity contribution is -0.174. The number of halogens is 3. The van der Waals surface area contributed by atoms with Crippen LogP contribution < -0.4 is 10.1 Å². The van der Waals surface area contributed by atoms with Crippen molar-refractivity contribution in [1.29, 1.82) is 0 Å². The summed E-state index contributed by atoms with van der Waals surface area (Å²) in [5, 5.41) is 19.2. The van der Waals surface area contributed by atoms with Gasteiger partial charge in [0, 0.05) is 11.3 Å². The monoisotopic (exact) mass is 469 g/mol. The SMILES string of the molecule is O=C(N[C@H](COc1ccc2[nH]ncc2c1)[C@H](c1ccccc1)c1cccc(CO)c1)C(F)(F)F. The fourth-order valence-corrected chi connectivity index (χ4v) is 3.87. The van der Waals surface area contributed by atoms with Crippen molar-refractivity contribution in [2.45, 2.75) is 24.7 Å². The highest BCUT2D eigenvalue weighted by Crippen LogP contribution is 2.31. The number of aromatic nitrogens is 2. The molecule has 0 saturated carbocycles. The lowest BCUT2D eigenvalue weighted by atomic mass is 9.84. The molecule has 0 aliphatic carbocycles. The van der Waals surface area contributed by atoms with Gasteiger partial charge in [0.25, 0.3) is 0 Å². The molecule has 0 bridgehead atoms. The molecule has 34 heavy (non-hydrogen) atoms. The lowest BCUT2D eigenvalue weighted by Gasteiger charge is -2.29. The molecule has 0 radical (unpaired) electrons. The molecule has 0 spiro atoms. The van der Waals surface area contributed by atoms with Gasteiger partial charge in [-0.05, 0) is 34.9 Å². The molecule has 0 fully saturated rings. The molecule has 2 atom stereocenters. The second-order valence-electron chi connectivity index (χ2n) is 7.80. The van der Waals surface area contributed by atoms with E-state index in [4.69, 9.17) is 4.74 Å². The normalized spacial score (nSPS) is 13.4. The molecule has 1 aromatic heterocycles. The maximum absolute atomic E-state index is 13.2. The number of rotatable bonds is 8. The topological polar surface area (TPSA) is 87.2 Å². The number of alkyl halides is 3. The average Bonchev–Trinajstić information content (AvgIpc) is 3.31. The summed E-state index contributed by atoms with van der Waals surface area (Å²) in [4.78, 5) is 12.0. The van der Waals surface area contributed by atoms with Crippen LogP contribution in [0.2, 0.25) is 0 Å². The van der Waals surface area contributed by atoms with E-state index in [1.165, 1.54) is 0 Å². The van der Waals surface area contributed by atoms with E-state index < -0.39 is 24.0 Å². The van der Waals surface area contributed by atoms with Crippen LogP contribution in [0.15, 0.2) is 79.0 Å². The summed E-state index contributed by atoms with van der Waals surface area (Å²) in [5.41, 5.74) is 2.72. The van der Waals surface area contributed by atoms with Gasteiger partial charge in [-0.3, -0.25) is 9.89 Å². The van der Waals surface area contributed by atoms with Gasteiger partial charge in [0.1, 0.15) is 12.4 Å². The number of nitrogens with zero attached hydrogens (tertiary/aromatic N) is 1. The smallest absolute Gasteiger partial charge is 0.471 e. The maximum atomic E-state index is 13.2. The fourth-order valence-electron chi connectivity index (χ4n) is 3.87. The number of aliphatic hydroxyl groups excluding tert-OH is 1. The van der Waals surface area contributed by atoms with Crippen LogP contribution in [0.25, 0.3) is 10.9 Å². The van der Waals surface area contributed by atoms with E-state index in [1.54, 1.807) is 79.0 Å². The molecule has 4 aromatic rings. The predicted molar refractivity (Wildman–Crippen MR) is 120 cm³/mol. The van der Waals surface area contributed by atoms with Crippen LogP contribution in [0.1, 0.15) is 22.6 Å². The number of nitrogens with one attached hydrogen (secondary N) is 2. The Morgan fingerprint density at radius 2 is 1.79 bits per heavy atom. The van der Waals surface area contributed by atoms with E-state index in [0.717, 1.165) is 10.9 Å². The number of amides is 1. The van der Waals surface area contributed by atoms with Gasteiger partial charge in [0.05, 0.1) is 24.4 Å². The van der Waals surface area contributed by atoms with E-state index in [2.05, 4.69) is 15.5 Å². The number of carbonyl (C=O) groups excluding carboxylic acids is 1. The molecular formula is C25H22F3N3O3. The third-order valence-electron chi connectivity index (χ3n) is 5.47. The summed E-state index contributed by atoms with van der Waals surface area (Å²) < 4.78 is 45.5. The molecule has 176 valence electrons. The van der Waals surface area contributed by atoms with Crippen LogP contribution in [0.3, 0.4) is 0 Å². The van der Waals surface area contributed by atoms with Gasteiger partial charge in [-0.1, -0.05) is 54.6 Å². The Balaban J connectivity index is 1.71. The van der Waals surface area contributed by atoms with Crippen molar-refractivity contribution in [2.24, 2.45) is 0 Å². The number of aromatic amines is 1. The minimum Gasteiger partial charge on any atom is -0.491 e. The number of H-pyrrole nitrogens is 1. The van der Waals surface area contributed by atoms with Gasteiger partial charge in [-0.2, -0.15) is 18.3 Å². The molecule has 9 heteroatoms. The van der Waals surface area contributed by atoms with Gasteiger partial charge < -0.3 is 15.2 Å². The molecule has 0 unspecified atom stereocenters. The van der Waals surface area contributed by atoms with E-state index in [1.807, 2.05) is 0 Å². The largest absolute Gasteiger partial charge is 0.491 e. The number of fused-ring (bicyclic) bond motifs is 1. The standard InChI is InChI=1S/C25H22F3N3O3/c26-25(27,28)24(33)30-22(15-34-20-9-10-21-19(12-20)13-29-31-21)23(17-6-2-1-3-7-17)18-8-4-5-16(11-18)14-32/h1-13,22-23,32H,14-15H2,(H,29,31)(H,30,33)/t22-,23-/m1/s1. The van der Waals surface area contributed by atoms with Gasteiger partial charge in [-0.25, -0.2) is 0 Å². The van der Waals surface area contributed by atoms with Crippen LogP contribution in [0, 0.1) is 0 Å². The first-order valence-corrected chi connectivity index (χ1v) is 10.5. The summed E-state index contributed by atoms with van der Waals surface area (Å²) in [6, 6.07) is 19.9. The Labute approximate surface area is 193 Å². The van der Waals surface area contributed by atoms with Crippen LogP contribution in [-0.2, 0) is 11.4 Å². The van der Waals surface area contributed by atoms with Crippen molar-refractivity contribution in [3.8, 4) is 5.75 Å². The highest BCUT2D eigenvalue weighted by Gasteiger charge is 2.41. The Morgan fingerprint density at radius 3 is 2.53 bits per heavy atom. The third-order valence-corrected chi connectivity index (χ3v) is 5.47. The summed E-state index contributed by atoms with van der Waals surface area (Å²) >= 11 is 0. The first-order valence-electron chi connectivity index (χ1n) is 10.5. The van der Waals surface area contributed by atoms with Crippen molar-refractivity contribution in [3.05, 3.63) is 95.7 Å². The molecule has 6 nitrogen and oxygen atoms in total. The van der Waals surface area contributed by atoms with E-state index in [0.29, 0.717) is 22.4 Å². The first-order chi connectivity index (χ1) is 16.3. The molecule has 4 rings (SSSR count). The van der Waals surface area contributed by atoms with E-state index in [9.17, 15) is 23.1 Å². The number of hydrogen-bond donors (Lipinski definition) is 3. The summed E-state index contributed by atoms with van der Waals surface area (Å²) in [7, 11) is 0. The van der Waals surface area contributed by atoms with Gasteiger partial charge in [0.15, 0.2) is 0 Å². The fraction of sp³-hybridized carbons (Fsp3) is 0.200. The summed E-state index contributed by atoms with van der Waals surface area (Å²) in [6.45, 7) is -0.454. The number of ether oxygens (including phenoxy) is 1. The van der Waals surface area contributed by atoms with Crippen LogP contribution in [-0.4, -0.2) is 40.0 Å². The van der Waals surface area contributed by atoms with Crippen LogP contribution >= 0.6 is 0 Å². The molecule has 3 aromatic carbocycles. The van der Waals surface area contributed by atoms with Crippen molar-refractivity contribution >= 4 is 16.8 Å². The van der Waals surface area contributed by atoms with Gasteiger partial charge >= 0.3 is 12.1 Å². The van der Waals surface area contributed by atoms with E-state index in [-0.39, 0.29) is 13.2 Å². The summed E-state index contributed by atoms with van der Waals surface area (Å²) in [5.74, 6) is -2.29. The maximum Gasteiger partial charge on any atom is 0.471 e. The molecule has 1 amide bonds. The Bertz CT molecular complexity index is 1260. The molecular weight excluding hydrogens is 447 g/mol. The Hall–Kier alpha value is -3.85. The number of carbonyl (C=O) groups is 1. The minimum atomic E-state index is -5.05. The molecule has 3 N–H and O–H groups in total. The lowest BCUT2D eigenvalue weighted by Crippen LogP contribution is -2.48. The molecule has 0 aliphatic rings. The van der Waals surface area contributed by atoms with Crippen LogP contribution in [0.4, 0.5) is 13.2 Å². The number of benzene rings is 3.